The molecule has 2 aromatic heterocycles. The minimum atomic E-state index is -0.315. The molecule has 0 saturated heterocycles. The van der Waals surface area contributed by atoms with Gasteiger partial charge in [0.25, 0.3) is 0 Å². The van der Waals surface area contributed by atoms with E-state index in [1.807, 2.05) is 29.0 Å². The van der Waals surface area contributed by atoms with Crippen LogP contribution in [0, 0.1) is 0 Å². The van der Waals surface area contributed by atoms with Gasteiger partial charge in [-0.15, -0.1) is 10.2 Å². The first-order valence-electron chi connectivity index (χ1n) is 7.39. The zero-order chi connectivity index (χ0) is 16.1. The minimum absolute atomic E-state index is 0.195. The van der Waals surface area contributed by atoms with Crippen molar-refractivity contribution < 1.29 is 13.9 Å². The molecule has 0 spiro atoms. The average Bonchev–Trinajstić information content (AvgIpc) is 3.25. The van der Waals surface area contributed by atoms with Crippen LogP contribution in [0.1, 0.15) is 24.8 Å². The van der Waals surface area contributed by atoms with E-state index in [2.05, 4.69) is 17.1 Å². The van der Waals surface area contributed by atoms with Crippen molar-refractivity contribution in [2.45, 2.75) is 26.2 Å². The molecular weight excluding hydrogens is 312 g/mol. The quantitative estimate of drug-likeness (QED) is 0.507. The molecule has 0 saturated carbocycles. The van der Waals surface area contributed by atoms with E-state index in [0.717, 1.165) is 12.0 Å². The van der Waals surface area contributed by atoms with Gasteiger partial charge < -0.3 is 9.15 Å². The van der Waals surface area contributed by atoms with Gasteiger partial charge in [-0.2, -0.15) is 11.3 Å². The number of carbonyl (C=O) groups excluding carboxylic acids is 1. The molecule has 5 nitrogen and oxygen atoms in total. The van der Waals surface area contributed by atoms with Gasteiger partial charge in [-0.3, -0.25) is 4.79 Å². The molecule has 0 aliphatic carbocycles. The highest BCUT2D eigenvalue weighted by Crippen LogP contribution is 2.21. The van der Waals surface area contributed by atoms with Gasteiger partial charge in [0.1, 0.15) is 5.75 Å². The van der Waals surface area contributed by atoms with Gasteiger partial charge in [-0.1, -0.05) is 19.1 Å². The Bertz CT molecular complexity index is 764. The monoisotopic (exact) mass is 328 g/mol. The average molecular weight is 328 g/mol. The number of carbonyl (C=O) groups is 1. The highest BCUT2D eigenvalue weighted by Gasteiger charge is 2.12. The Hall–Kier alpha value is -2.47. The molecule has 0 aliphatic heterocycles. The van der Waals surface area contributed by atoms with Crippen LogP contribution < -0.4 is 4.74 Å². The summed E-state index contributed by atoms with van der Waals surface area (Å²) >= 11 is 1.56. The van der Waals surface area contributed by atoms with Crippen molar-refractivity contribution in [2.75, 3.05) is 0 Å². The maximum absolute atomic E-state index is 11.9. The number of hydrogen-bond acceptors (Lipinski definition) is 6. The lowest BCUT2D eigenvalue weighted by molar-refractivity contribution is -0.134. The lowest BCUT2D eigenvalue weighted by Gasteiger charge is -2.04. The summed E-state index contributed by atoms with van der Waals surface area (Å²) in [6.45, 7) is 2.08. The number of hydrogen-bond donors (Lipinski definition) is 0. The largest absolute Gasteiger partial charge is 0.427 e. The van der Waals surface area contributed by atoms with Crippen LogP contribution in [-0.2, 0) is 17.6 Å². The van der Waals surface area contributed by atoms with E-state index >= 15 is 0 Å². The second-order valence-corrected chi connectivity index (χ2v) is 5.76. The van der Waals surface area contributed by atoms with Gasteiger partial charge in [0.15, 0.2) is 0 Å². The molecule has 0 fully saturated rings. The Labute approximate surface area is 137 Å². The molecule has 3 rings (SSSR count). The summed E-state index contributed by atoms with van der Waals surface area (Å²) in [6, 6.07) is 9.42. The number of nitrogens with zero attached hydrogens (tertiary/aromatic N) is 2. The molecule has 6 heteroatoms. The SMILES string of the molecule is CCc1ccc(OC(=O)CCc2nnc(-c3ccsc3)o2)cc1. The Morgan fingerprint density at radius 2 is 2.04 bits per heavy atom. The zero-order valence-corrected chi connectivity index (χ0v) is 13.5. The van der Waals surface area contributed by atoms with Crippen LogP contribution >= 0.6 is 11.3 Å². The Morgan fingerprint density at radius 3 is 2.74 bits per heavy atom. The van der Waals surface area contributed by atoms with Crippen molar-refractivity contribution in [3.63, 3.8) is 0 Å². The maximum Gasteiger partial charge on any atom is 0.311 e. The lowest BCUT2D eigenvalue weighted by Crippen LogP contribution is -2.09. The molecule has 0 aliphatic rings. The fourth-order valence-electron chi connectivity index (χ4n) is 2.04. The summed E-state index contributed by atoms with van der Waals surface area (Å²) < 4.78 is 10.8. The molecular formula is C17H16N2O3S. The molecule has 0 amide bonds. The smallest absolute Gasteiger partial charge is 0.311 e. The highest BCUT2D eigenvalue weighted by atomic mass is 32.1. The van der Waals surface area contributed by atoms with Crippen molar-refractivity contribution >= 4 is 17.3 Å². The standard InChI is InChI=1S/C17H16N2O3S/c1-2-12-3-5-14(6-4-12)21-16(20)8-7-15-18-19-17(22-15)13-9-10-23-11-13/h3-6,9-11H,2,7-8H2,1H3. The fourth-order valence-corrected chi connectivity index (χ4v) is 2.67. The van der Waals surface area contributed by atoms with Crippen molar-refractivity contribution in [3.05, 3.63) is 52.5 Å². The number of esters is 1. The summed E-state index contributed by atoms with van der Waals surface area (Å²) in [5.74, 6) is 1.15. The molecule has 0 bridgehead atoms. The Balaban J connectivity index is 1.52. The Morgan fingerprint density at radius 1 is 1.22 bits per heavy atom. The van der Waals surface area contributed by atoms with E-state index < -0.39 is 0 Å². The van der Waals surface area contributed by atoms with E-state index in [0.29, 0.717) is 24.0 Å². The zero-order valence-electron chi connectivity index (χ0n) is 12.7. The van der Waals surface area contributed by atoms with Gasteiger partial charge in [0.2, 0.25) is 11.8 Å². The van der Waals surface area contributed by atoms with Gasteiger partial charge in [-0.25, -0.2) is 0 Å². The molecule has 3 aromatic rings. The van der Waals surface area contributed by atoms with Gasteiger partial charge in [0.05, 0.1) is 6.42 Å². The van der Waals surface area contributed by atoms with Crippen LogP contribution in [0.15, 0.2) is 45.5 Å². The third-order valence-electron chi connectivity index (χ3n) is 3.34. The van der Waals surface area contributed by atoms with Gasteiger partial charge in [0, 0.05) is 17.4 Å². The second-order valence-electron chi connectivity index (χ2n) is 4.98. The molecule has 0 atom stereocenters. The van der Waals surface area contributed by atoms with E-state index in [-0.39, 0.29) is 12.4 Å². The minimum Gasteiger partial charge on any atom is -0.427 e. The summed E-state index contributed by atoms with van der Waals surface area (Å²) in [7, 11) is 0. The number of rotatable bonds is 6. The number of benzene rings is 1. The molecule has 23 heavy (non-hydrogen) atoms. The van der Waals surface area contributed by atoms with E-state index in [1.54, 1.807) is 23.5 Å². The fraction of sp³-hybridized carbons (Fsp3) is 0.235. The summed E-state index contributed by atoms with van der Waals surface area (Å²) in [5.41, 5.74) is 2.10. The third kappa shape index (κ3) is 4.04. The second kappa shape index (κ2) is 7.19. The van der Waals surface area contributed by atoms with Crippen LogP contribution in [-0.4, -0.2) is 16.2 Å². The predicted molar refractivity (Wildman–Crippen MR) is 87.4 cm³/mol. The normalized spacial score (nSPS) is 10.7. The summed E-state index contributed by atoms with van der Waals surface area (Å²) in [6.07, 6.45) is 1.52. The number of ether oxygens (including phenoxy) is 1. The Kier molecular flexibility index (Phi) is 4.83. The summed E-state index contributed by atoms with van der Waals surface area (Å²) in [5, 5.41) is 11.8. The molecule has 0 N–H and O–H groups in total. The number of aryl methyl sites for hydroxylation is 2. The first-order chi connectivity index (χ1) is 11.2. The molecule has 0 radical (unpaired) electrons. The highest BCUT2D eigenvalue weighted by molar-refractivity contribution is 7.08. The molecule has 118 valence electrons. The lowest BCUT2D eigenvalue weighted by atomic mass is 10.2. The van der Waals surface area contributed by atoms with E-state index in [9.17, 15) is 4.79 Å². The molecule has 1 aromatic carbocycles. The maximum atomic E-state index is 11.9. The summed E-state index contributed by atoms with van der Waals surface area (Å²) in [4.78, 5) is 11.9. The third-order valence-corrected chi connectivity index (χ3v) is 4.02. The van der Waals surface area contributed by atoms with Crippen molar-refractivity contribution in [3.8, 4) is 17.2 Å². The first kappa shape index (κ1) is 15.4. The van der Waals surface area contributed by atoms with Crippen molar-refractivity contribution in [2.24, 2.45) is 0 Å². The van der Waals surface area contributed by atoms with Crippen molar-refractivity contribution in [1.29, 1.82) is 0 Å². The van der Waals surface area contributed by atoms with Crippen LogP contribution in [0.3, 0.4) is 0 Å². The van der Waals surface area contributed by atoms with Crippen LogP contribution in [0.25, 0.3) is 11.5 Å². The topological polar surface area (TPSA) is 65.2 Å². The van der Waals surface area contributed by atoms with E-state index in [4.69, 9.17) is 9.15 Å². The van der Waals surface area contributed by atoms with Crippen LogP contribution in [0.4, 0.5) is 0 Å². The van der Waals surface area contributed by atoms with E-state index in [1.165, 1.54) is 5.56 Å². The van der Waals surface area contributed by atoms with Crippen LogP contribution in [0.2, 0.25) is 0 Å². The van der Waals surface area contributed by atoms with Crippen LogP contribution in [0.5, 0.6) is 5.75 Å². The first-order valence-corrected chi connectivity index (χ1v) is 8.33. The number of aromatic nitrogens is 2. The molecule has 2 heterocycles. The van der Waals surface area contributed by atoms with Gasteiger partial charge in [-0.05, 0) is 35.6 Å². The van der Waals surface area contributed by atoms with Crippen molar-refractivity contribution in [1.82, 2.24) is 10.2 Å². The van der Waals surface area contributed by atoms with Gasteiger partial charge >= 0.3 is 5.97 Å². The number of thiophene rings is 1. The predicted octanol–water partition coefficient (Wildman–Crippen LogP) is 3.90. The molecule has 0 unspecified atom stereocenters.